The number of hydrogen-bond donors (Lipinski definition) is 1. The van der Waals surface area contributed by atoms with Gasteiger partial charge in [0.25, 0.3) is 0 Å². The molecule has 0 aliphatic carbocycles. The van der Waals surface area contributed by atoms with Crippen molar-refractivity contribution >= 4 is 10.0 Å². The summed E-state index contributed by atoms with van der Waals surface area (Å²) in [7, 11) is -3.44. The molecule has 2 N–H and O–H groups in total. The van der Waals surface area contributed by atoms with Crippen molar-refractivity contribution in [2.24, 2.45) is 10.6 Å². The largest absolute Gasteiger partial charge is 0.379 e. The third kappa shape index (κ3) is 5.46. The van der Waals surface area contributed by atoms with Gasteiger partial charge in [-0.25, -0.2) is 13.6 Å². The Morgan fingerprint density at radius 3 is 2.67 bits per heavy atom. The summed E-state index contributed by atoms with van der Waals surface area (Å²) in [5.41, 5.74) is -0.448. The standard InChI is InChI=1S/C9H19NO4S/c1-9(2,7-15(10,11)12)6-14-8-3-4-13-5-8/h8H,3-7H2,1-2H3,(H2,10,11,12). The quantitative estimate of drug-likeness (QED) is 0.736. The smallest absolute Gasteiger partial charge is 0.209 e. The summed E-state index contributed by atoms with van der Waals surface area (Å²) in [6.07, 6.45) is 0.982. The molecule has 0 bridgehead atoms. The van der Waals surface area contributed by atoms with Crippen molar-refractivity contribution < 1.29 is 17.9 Å². The van der Waals surface area contributed by atoms with Crippen LogP contribution in [-0.4, -0.2) is 40.1 Å². The molecule has 1 unspecified atom stereocenters. The van der Waals surface area contributed by atoms with Crippen molar-refractivity contribution in [1.82, 2.24) is 0 Å². The molecule has 0 radical (unpaired) electrons. The van der Waals surface area contributed by atoms with Crippen LogP contribution in [0.4, 0.5) is 0 Å². The van der Waals surface area contributed by atoms with Gasteiger partial charge in [0.05, 0.1) is 25.1 Å². The van der Waals surface area contributed by atoms with Crippen LogP contribution in [0.5, 0.6) is 0 Å². The molecule has 90 valence electrons. The minimum absolute atomic E-state index is 0.0619. The first-order chi connectivity index (χ1) is 6.79. The Hall–Kier alpha value is -0.170. The summed E-state index contributed by atoms with van der Waals surface area (Å²) < 4.78 is 32.6. The van der Waals surface area contributed by atoms with Crippen molar-refractivity contribution in [3.05, 3.63) is 0 Å². The van der Waals surface area contributed by atoms with E-state index in [4.69, 9.17) is 14.6 Å². The van der Waals surface area contributed by atoms with Gasteiger partial charge in [-0.2, -0.15) is 0 Å². The van der Waals surface area contributed by atoms with Gasteiger partial charge in [-0.3, -0.25) is 0 Å². The number of hydrogen-bond acceptors (Lipinski definition) is 4. The van der Waals surface area contributed by atoms with Crippen LogP contribution in [0, 0.1) is 5.41 Å². The second-order valence-corrected chi connectivity index (χ2v) is 6.38. The van der Waals surface area contributed by atoms with Gasteiger partial charge in [-0.15, -0.1) is 0 Å². The summed E-state index contributed by atoms with van der Waals surface area (Å²) in [6, 6.07) is 0. The molecule has 1 atom stereocenters. The highest BCUT2D eigenvalue weighted by atomic mass is 32.2. The molecular formula is C9H19NO4S. The Kier molecular flexibility index (Phi) is 4.11. The Bertz CT molecular complexity index is 293. The molecule has 0 amide bonds. The molecule has 15 heavy (non-hydrogen) atoms. The lowest BCUT2D eigenvalue weighted by molar-refractivity contribution is 0.00487. The summed E-state index contributed by atoms with van der Waals surface area (Å²) >= 11 is 0. The molecule has 1 saturated heterocycles. The van der Waals surface area contributed by atoms with E-state index in [0.29, 0.717) is 13.2 Å². The van der Waals surface area contributed by atoms with Gasteiger partial charge in [0.2, 0.25) is 10.0 Å². The van der Waals surface area contributed by atoms with Gasteiger partial charge in [0.15, 0.2) is 0 Å². The maximum absolute atomic E-state index is 10.9. The van der Waals surface area contributed by atoms with Crippen molar-refractivity contribution in [2.75, 3.05) is 25.6 Å². The number of sulfonamides is 1. The molecule has 0 aromatic carbocycles. The van der Waals surface area contributed by atoms with Crippen LogP contribution in [0.15, 0.2) is 0 Å². The fraction of sp³-hybridized carbons (Fsp3) is 1.00. The van der Waals surface area contributed by atoms with Crippen LogP contribution in [0.2, 0.25) is 0 Å². The lowest BCUT2D eigenvalue weighted by atomic mass is 9.98. The molecule has 1 rings (SSSR count). The highest BCUT2D eigenvalue weighted by Crippen LogP contribution is 2.20. The Labute approximate surface area is 91.0 Å². The van der Waals surface area contributed by atoms with E-state index in [9.17, 15) is 8.42 Å². The van der Waals surface area contributed by atoms with Crippen molar-refractivity contribution in [1.29, 1.82) is 0 Å². The van der Waals surface area contributed by atoms with E-state index in [0.717, 1.165) is 13.0 Å². The van der Waals surface area contributed by atoms with Crippen molar-refractivity contribution in [3.63, 3.8) is 0 Å². The minimum Gasteiger partial charge on any atom is -0.379 e. The Morgan fingerprint density at radius 2 is 2.20 bits per heavy atom. The van der Waals surface area contributed by atoms with Crippen molar-refractivity contribution in [2.45, 2.75) is 26.4 Å². The van der Waals surface area contributed by atoms with E-state index < -0.39 is 15.4 Å². The van der Waals surface area contributed by atoms with Crippen LogP contribution in [0.1, 0.15) is 20.3 Å². The van der Waals surface area contributed by atoms with Crippen LogP contribution in [-0.2, 0) is 19.5 Å². The summed E-state index contributed by atoms with van der Waals surface area (Å²) in [6.45, 7) is 5.36. The molecule has 0 spiro atoms. The summed E-state index contributed by atoms with van der Waals surface area (Å²) in [5, 5.41) is 5.00. The van der Waals surface area contributed by atoms with Crippen molar-refractivity contribution in [3.8, 4) is 0 Å². The fourth-order valence-electron chi connectivity index (χ4n) is 1.57. The van der Waals surface area contributed by atoms with Crippen LogP contribution < -0.4 is 5.14 Å². The Morgan fingerprint density at radius 1 is 1.53 bits per heavy atom. The second-order valence-electron chi connectivity index (χ2n) is 4.77. The highest BCUT2D eigenvalue weighted by Gasteiger charge is 2.26. The van der Waals surface area contributed by atoms with Crippen LogP contribution >= 0.6 is 0 Å². The second kappa shape index (κ2) is 4.78. The van der Waals surface area contributed by atoms with Gasteiger partial charge >= 0.3 is 0 Å². The first-order valence-corrected chi connectivity index (χ1v) is 6.70. The molecule has 5 nitrogen and oxygen atoms in total. The number of ether oxygens (including phenoxy) is 2. The third-order valence-electron chi connectivity index (χ3n) is 2.19. The summed E-state index contributed by atoms with van der Waals surface area (Å²) in [5.74, 6) is -0.0619. The maximum Gasteiger partial charge on any atom is 0.209 e. The molecule has 0 aromatic rings. The molecule has 0 saturated carbocycles. The van der Waals surface area contributed by atoms with Crippen LogP contribution in [0.3, 0.4) is 0 Å². The normalized spacial score (nSPS) is 23.3. The van der Waals surface area contributed by atoms with E-state index >= 15 is 0 Å². The van der Waals surface area contributed by atoms with Gasteiger partial charge in [-0.1, -0.05) is 13.8 Å². The third-order valence-corrected chi connectivity index (χ3v) is 3.37. The average molecular weight is 237 g/mol. The van der Waals surface area contributed by atoms with E-state index in [2.05, 4.69) is 0 Å². The highest BCUT2D eigenvalue weighted by molar-refractivity contribution is 7.89. The Balaban J connectivity index is 2.35. The molecule has 0 aromatic heterocycles. The van der Waals surface area contributed by atoms with Crippen LogP contribution in [0.25, 0.3) is 0 Å². The van der Waals surface area contributed by atoms with Gasteiger partial charge in [-0.05, 0) is 6.42 Å². The minimum atomic E-state index is -3.44. The number of nitrogens with two attached hydrogens (primary N) is 1. The predicted molar refractivity (Wildman–Crippen MR) is 56.9 cm³/mol. The maximum atomic E-state index is 10.9. The molecule has 1 aliphatic heterocycles. The SMILES string of the molecule is CC(C)(COC1CCOC1)CS(N)(=O)=O. The van der Waals surface area contributed by atoms with E-state index in [1.807, 2.05) is 13.8 Å². The fourth-order valence-corrected chi connectivity index (χ4v) is 2.75. The monoisotopic (exact) mass is 237 g/mol. The van der Waals surface area contributed by atoms with E-state index in [1.54, 1.807) is 0 Å². The molecule has 1 aliphatic rings. The molecule has 6 heteroatoms. The van der Waals surface area contributed by atoms with Gasteiger partial charge in [0, 0.05) is 12.0 Å². The zero-order valence-corrected chi connectivity index (χ0v) is 10.0. The molecule has 1 heterocycles. The first kappa shape index (κ1) is 12.9. The van der Waals surface area contributed by atoms with E-state index in [1.165, 1.54) is 0 Å². The zero-order chi connectivity index (χ0) is 11.5. The average Bonchev–Trinajstić information content (AvgIpc) is 2.47. The predicted octanol–water partition coefficient (Wildman–Crippen LogP) is 0.107. The molecule has 1 fully saturated rings. The number of rotatable bonds is 5. The first-order valence-electron chi connectivity index (χ1n) is 4.98. The lowest BCUT2D eigenvalue weighted by Gasteiger charge is -2.24. The zero-order valence-electron chi connectivity index (χ0n) is 9.23. The lowest BCUT2D eigenvalue weighted by Crippen LogP contribution is -2.34. The molecular weight excluding hydrogens is 218 g/mol. The topological polar surface area (TPSA) is 78.6 Å². The van der Waals surface area contributed by atoms with Gasteiger partial charge < -0.3 is 9.47 Å². The van der Waals surface area contributed by atoms with Gasteiger partial charge in [0.1, 0.15) is 0 Å². The number of primary sulfonamides is 1. The van der Waals surface area contributed by atoms with E-state index in [-0.39, 0.29) is 11.9 Å². The summed E-state index contributed by atoms with van der Waals surface area (Å²) in [4.78, 5) is 0.